The van der Waals surface area contributed by atoms with Gasteiger partial charge in [-0.2, -0.15) is 0 Å². The number of amides is 4. The Bertz CT molecular complexity index is 4820. The number of likely N-dealkylation sites (tertiary alicyclic amines) is 2. The third-order valence-electron chi connectivity index (χ3n) is 31.9. The molecule has 10 aliphatic rings. The highest BCUT2D eigenvalue weighted by molar-refractivity contribution is 5.96. The number of nitrogens with one attached hydrogen (secondary N) is 4. The normalized spacial score (nSPS) is 26.0. The zero-order valence-corrected chi connectivity index (χ0v) is 83.7. The Morgan fingerprint density at radius 2 is 0.780 bits per heavy atom. The van der Waals surface area contributed by atoms with Crippen molar-refractivity contribution in [3.63, 3.8) is 0 Å². The van der Waals surface area contributed by atoms with E-state index in [2.05, 4.69) is 224 Å². The molecule has 4 amide bonds. The molecule has 5 fully saturated rings. The lowest BCUT2D eigenvalue weighted by Crippen LogP contribution is -2.37. The highest BCUT2D eigenvalue weighted by Crippen LogP contribution is 2.48. The smallest absolute Gasteiger partial charge is 0.251 e. The summed E-state index contributed by atoms with van der Waals surface area (Å²) in [4.78, 5) is 75.7. The Morgan fingerprint density at radius 3 is 1.14 bits per heavy atom. The second-order valence-electron chi connectivity index (χ2n) is 44.1. The van der Waals surface area contributed by atoms with Crippen LogP contribution in [0.5, 0.6) is 0 Å². The summed E-state index contributed by atoms with van der Waals surface area (Å²) in [6.45, 7) is 46.2. The second kappa shape index (κ2) is 44.9. The van der Waals surface area contributed by atoms with E-state index in [1.807, 2.05) is 77.6 Å². The topological polar surface area (TPSA) is 213 Å². The van der Waals surface area contributed by atoms with Crippen LogP contribution in [0.25, 0.3) is 0 Å². The molecular weight excluding hydrogens is 1640 g/mol. The number of hydrogen-bond acceptors (Lipinski definition) is 16. The molecule has 20 nitrogen and oxygen atoms in total. The summed E-state index contributed by atoms with van der Waals surface area (Å²) in [6, 6.07) is 39.3. The van der Waals surface area contributed by atoms with E-state index in [0.717, 1.165) is 231 Å². The molecule has 3 saturated carbocycles. The first-order chi connectivity index (χ1) is 63.1. The number of aromatic nitrogens is 2. The molecule has 20 heteroatoms. The number of fused-ring (bicyclic) bond motifs is 5. The quantitative estimate of drug-likeness (QED) is 0.0341. The average molecular weight is 1800 g/mol. The number of pyridine rings is 1. The van der Waals surface area contributed by atoms with Gasteiger partial charge in [-0.1, -0.05) is 116 Å². The molecule has 7 aromatic rings. The van der Waals surface area contributed by atoms with Crippen LogP contribution in [0.15, 0.2) is 120 Å². The number of piperidine rings is 2. The zero-order valence-electron chi connectivity index (χ0n) is 83.7. The van der Waals surface area contributed by atoms with E-state index in [4.69, 9.17) is 13.9 Å². The predicted molar refractivity (Wildman–Crippen MR) is 529 cm³/mol. The first-order valence-electron chi connectivity index (χ1n) is 50.9. The van der Waals surface area contributed by atoms with Crippen LogP contribution in [-0.2, 0) is 61.6 Å². The number of carbonyl (C=O) groups excluding carboxylic acids is 4. The molecule has 0 radical (unpaired) electrons. The molecule has 4 unspecified atom stereocenters. The number of hydrogen-bond donors (Lipinski definition) is 5. The number of carbonyl (C=O) groups is 4. The summed E-state index contributed by atoms with van der Waals surface area (Å²) in [5.74, 6) is 8.00. The van der Waals surface area contributed by atoms with Crippen LogP contribution in [0.4, 0.5) is 0 Å². The number of methoxy groups -OCH3 is 2. The average Bonchev–Trinajstić information content (AvgIpc) is 1.68. The van der Waals surface area contributed by atoms with E-state index in [1.165, 1.54) is 101 Å². The first-order valence-corrected chi connectivity index (χ1v) is 50.9. The van der Waals surface area contributed by atoms with Crippen molar-refractivity contribution < 1.29 is 38.2 Å². The molecule has 4 aliphatic carbocycles. The maximum absolute atomic E-state index is 12.9. The minimum Gasteiger partial charge on any atom is -0.446 e. The Balaban J connectivity index is 0.000000142. The van der Waals surface area contributed by atoms with Crippen molar-refractivity contribution in [1.82, 2.24) is 60.6 Å². The van der Waals surface area contributed by atoms with E-state index in [0.29, 0.717) is 84.6 Å². The van der Waals surface area contributed by atoms with Crippen LogP contribution in [-0.4, -0.2) is 179 Å². The first kappa shape index (κ1) is 99.9. The van der Waals surface area contributed by atoms with Crippen LogP contribution in [0, 0.1) is 80.0 Å². The third-order valence-corrected chi connectivity index (χ3v) is 31.9. The summed E-state index contributed by atoms with van der Waals surface area (Å²) in [5, 5.41) is 22.8. The van der Waals surface area contributed by atoms with Crippen LogP contribution < -0.4 is 21.3 Å². The van der Waals surface area contributed by atoms with Gasteiger partial charge in [0.05, 0.1) is 34.7 Å². The van der Waals surface area contributed by atoms with Crippen LogP contribution in [0.1, 0.15) is 335 Å². The summed E-state index contributed by atoms with van der Waals surface area (Å²) < 4.78 is 17.4. The second-order valence-corrected chi connectivity index (χ2v) is 44.1. The van der Waals surface area contributed by atoms with Gasteiger partial charge in [-0.05, 0) is 360 Å². The molecule has 2 aromatic heterocycles. The Labute approximate surface area is 791 Å². The monoisotopic (exact) mass is 1800 g/mol. The fraction of sp³-hybridized carbons (Fsp3) is 0.625. The highest BCUT2D eigenvalue weighted by atomic mass is 16.5. The van der Waals surface area contributed by atoms with Crippen LogP contribution in [0.2, 0.25) is 0 Å². The highest BCUT2D eigenvalue weighted by Gasteiger charge is 2.43. The fourth-order valence-corrected chi connectivity index (χ4v) is 23.5. The molecule has 2 saturated heterocycles. The van der Waals surface area contributed by atoms with E-state index in [9.17, 15) is 24.3 Å². The largest absolute Gasteiger partial charge is 0.446 e. The molecule has 5 aromatic carbocycles. The van der Waals surface area contributed by atoms with Gasteiger partial charge in [0.15, 0.2) is 5.89 Å². The minimum absolute atomic E-state index is 0.0116. The molecule has 5 atom stereocenters. The summed E-state index contributed by atoms with van der Waals surface area (Å²) >= 11 is 0. The number of oxazole rings is 1. The number of nitrogens with zero attached hydrogens (tertiary/aromatic N) is 8. The van der Waals surface area contributed by atoms with E-state index < -0.39 is 5.60 Å². The molecule has 718 valence electrons. The van der Waals surface area contributed by atoms with Gasteiger partial charge in [0.1, 0.15) is 5.76 Å². The van der Waals surface area contributed by atoms with Gasteiger partial charge in [-0.3, -0.25) is 43.8 Å². The van der Waals surface area contributed by atoms with Crippen molar-refractivity contribution in [2.24, 2.45) is 59.2 Å². The van der Waals surface area contributed by atoms with Crippen LogP contribution in [0.3, 0.4) is 0 Å². The van der Waals surface area contributed by atoms with Gasteiger partial charge >= 0.3 is 0 Å². The van der Waals surface area contributed by atoms with Crippen molar-refractivity contribution in [3.05, 3.63) is 222 Å². The zero-order chi connectivity index (χ0) is 93.9. The molecule has 8 heterocycles. The number of rotatable bonds is 26. The molecule has 0 spiro atoms. The molecular formula is C112H162N12O8. The van der Waals surface area contributed by atoms with Crippen molar-refractivity contribution in [1.29, 1.82) is 0 Å². The number of aliphatic hydroxyl groups is 1. The van der Waals surface area contributed by atoms with Gasteiger partial charge < -0.3 is 50.1 Å². The number of ether oxygens (including phenoxy) is 2. The molecule has 132 heavy (non-hydrogen) atoms. The summed E-state index contributed by atoms with van der Waals surface area (Å²) in [7, 11) is 8.07. The lowest BCUT2D eigenvalue weighted by molar-refractivity contribution is -0.0387. The van der Waals surface area contributed by atoms with Crippen molar-refractivity contribution >= 4 is 23.6 Å². The van der Waals surface area contributed by atoms with Gasteiger partial charge in [0.2, 0.25) is 0 Å². The van der Waals surface area contributed by atoms with E-state index in [1.54, 1.807) is 0 Å². The molecule has 17 rings (SSSR count). The SMILES string of the molecule is COC1(C)CCC(CN2Cc3cc(C(=O)NCC4CCN(C)CC4)ccc3C2C(C)C)CC1.COC1(C)CCC(CN2Cc3cc(C(=O)NCC4CCN(C)CC4)ccc3[C@@H]2C(C)C)CC1.Cc1ccc(CNC(=O)c2ccc3c(c2)CN(CC2CCC(C)(O)CC2)C3C(C)C)cc1.Cc1ccc(CNC(=O)c2ccc3c(c2)CN(CC2CCc4nc(C)oc4C2)C3C(C)C)nc1. The Kier molecular flexibility index (Phi) is 34.0. The fourth-order valence-electron chi connectivity index (χ4n) is 23.5. The maximum Gasteiger partial charge on any atom is 0.251 e. The van der Waals surface area contributed by atoms with Crippen LogP contribution >= 0.6 is 0 Å². The van der Waals surface area contributed by atoms with Gasteiger partial charge in [-0.25, -0.2) is 4.98 Å². The number of aryl methyl sites for hydroxylation is 4. The lowest BCUT2D eigenvalue weighted by atomic mass is 9.79. The molecule has 5 N–H and O–H groups in total. The van der Waals surface area contributed by atoms with Crippen molar-refractivity contribution in [2.45, 2.75) is 299 Å². The van der Waals surface area contributed by atoms with Gasteiger partial charge in [-0.15, -0.1) is 0 Å². The standard InChI is InChI=1S/C28H34N4O2.2C28H45N3O2.C28H38N2O2/c1-17(2)27-24-9-7-21(28(33)30-14-23-8-5-18(3)13-29-23)12-22(24)16-32(27)15-20-6-10-25-26(11-20)34-19(4)31-25;2*1-20(2)26-25-7-6-23(27(32)29-17-21-10-14-30(4)15-11-21)16-24(25)19-31(26)18-22-8-12-28(3,33-5)13-9-22;1-19(2)26-25-10-9-23(27(31)29-16-21-7-5-20(3)6-8-21)15-24(25)18-30(26)17-22-11-13-28(4,32)14-12-22/h5,7-9,12-13,17,20,27H,6,10-11,14-16H2,1-4H3,(H,30,33);2*6-7,16,20-22,26H,8-15,17-19H2,1-5H3,(H,29,32);5-10,15,19,22,26,32H,11-14,16-18H2,1-4H3,(H,29,31)/t;22?,26-,28?;;/m.0../s1. The number of benzene rings is 5. The summed E-state index contributed by atoms with van der Waals surface area (Å²) in [5.41, 5.74) is 19.0. The predicted octanol–water partition coefficient (Wildman–Crippen LogP) is 20.0. The lowest BCUT2D eigenvalue weighted by Gasteiger charge is -2.39. The van der Waals surface area contributed by atoms with Crippen molar-refractivity contribution in [3.8, 4) is 0 Å². The Hall–Kier alpha value is -8.02. The van der Waals surface area contributed by atoms with Gasteiger partial charge in [0.25, 0.3) is 23.6 Å². The van der Waals surface area contributed by atoms with E-state index >= 15 is 0 Å². The summed E-state index contributed by atoms with van der Waals surface area (Å²) in [6.07, 6.45) is 23.2. The van der Waals surface area contributed by atoms with Gasteiger partial charge in [0, 0.05) is 152 Å². The Morgan fingerprint density at radius 1 is 0.432 bits per heavy atom. The maximum atomic E-state index is 12.9. The minimum atomic E-state index is -0.483. The van der Waals surface area contributed by atoms with E-state index in [-0.39, 0.29) is 34.8 Å². The third kappa shape index (κ3) is 25.8. The van der Waals surface area contributed by atoms with Crippen molar-refractivity contribution in [2.75, 3.05) is 93.8 Å². The molecule has 0 bridgehead atoms. The molecule has 6 aliphatic heterocycles.